The van der Waals surface area contributed by atoms with Crippen LogP contribution in [0.25, 0.3) is 0 Å². The molecule has 0 spiro atoms. The maximum Gasteiger partial charge on any atom is 0.325 e. The lowest BCUT2D eigenvalue weighted by Crippen LogP contribution is -2.27. The molecule has 0 aromatic carbocycles. The van der Waals surface area contributed by atoms with Crippen molar-refractivity contribution in [3.8, 4) is 0 Å². The van der Waals surface area contributed by atoms with Crippen molar-refractivity contribution >= 4 is 11.9 Å². The van der Waals surface area contributed by atoms with Gasteiger partial charge in [0, 0.05) is 11.6 Å². The van der Waals surface area contributed by atoms with Crippen LogP contribution in [0.1, 0.15) is 61.4 Å². The Labute approximate surface area is 145 Å². The first kappa shape index (κ1) is 17.1. The maximum atomic E-state index is 12.4. The van der Waals surface area contributed by atoms with E-state index in [0.717, 1.165) is 18.5 Å². The van der Waals surface area contributed by atoms with Crippen molar-refractivity contribution in [1.82, 2.24) is 30.1 Å². The van der Waals surface area contributed by atoms with Crippen LogP contribution in [0.4, 0.5) is 0 Å². The van der Waals surface area contributed by atoms with E-state index in [0.29, 0.717) is 17.3 Å². The first-order valence-electron chi connectivity index (χ1n) is 8.23. The smallest absolute Gasteiger partial charge is 0.325 e. The Kier molecular flexibility index (Phi) is 4.32. The topological polar surface area (TPSA) is 115 Å². The largest absolute Gasteiger partial charge is 0.480 e. The van der Waals surface area contributed by atoms with Gasteiger partial charge in [-0.3, -0.25) is 14.3 Å². The van der Waals surface area contributed by atoms with Gasteiger partial charge in [0.05, 0.1) is 18.3 Å². The molecule has 2 N–H and O–H groups in total. The highest BCUT2D eigenvalue weighted by Gasteiger charge is 2.32. The zero-order valence-electron chi connectivity index (χ0n) is 14.6. The van der Waals surface area contributed by atoms with E-state index in [4.69, 9.17) is 5.11 Å². The fourth-order valence-electron chi connectivity index (χ4n) is 2.61. The lowest BCUT2D eigenvalue weighted by Gasteiger charge is -2.22. The van der Waals surface area contributed by atoms with Crippen LogP contribution in [-0.4, -0.2) is 41.8 Å². The SMILES string of the molecule is CC(C)(C)n1nc(C(=O)NCc2cn(CC(=O)O)nn2)cc1C1CC1. The molecule has 1 aliphatic carbocycles. The number of hydrogen-bond donors (Lipinski definition) is 2. The molecule has 2 aromatic rings. The zero-order chi connectivity index (χ0) is 18.2. The van der Waals surface area contributed by atoms with Crippen molar-refractivity contribution in [3.05, 3.63) is 29.3 Å². The van der Waals surface area contributed by atoms with Crippen LogP contribution in [0.5, 0.6) is 0 Å². The van der Waals surface area contributed by atoms with Crippen LogP contribution in [0, 0.1) is 0 Å². The summed E-state index contributed by atoms with van der Waals surface area (Å²) in [5, 5.41) is 23.5. The number of carboxylic acid groups (broad SMARTS) is 1. The van der Waals surface area contributed by atoms with Crippen molar-refractivity contribution in [2.75, 3.05) is 0 Å². The number of carboxylic acids is 1. The van der Waals surface area contributed by atoms with Crippen LogP contribution in [0.3, 0.4) is 0 Å². The maximum absolute atomic E-state index is 12.4. The molecular weight excluding hydrogens is 324 g/mol. The molecule has 2 heterocycles. The molecule has 1 amide bonds. The second-order valence-corrected chi connectivity index (χ2v) is 7.30. The van der Waals surface area contributed by atoms with E-state index >= 15 is 0 Å². The second-order valence-electron chi connectivity index (χ2n) is 7.30. The lowest BCUT2D eigenvalue weighted by atomic mass is 10.1. The summed E-state index contributed by atoms with van der Waals surface area (Å²) < 4.78 is 3.14. The van der Waals surface area contributed by atoms with Gasteiger partial charge in [0.25, 0.3) is 5.91 Å². The van der Waals surface area contributed by atoms with Gasteiger partial charge in [-0.05, 0) is 39.7 Å². The highest BCUT2D eigenvalue weighted by molar-refractivity contribution is 5.92. The van der Waals surface area contributed by atoms with Gasteiger partial charge in [-0.15, -0.1) is 5.10 Å². The van der Waals surface area contributed by atoms with Crippen molar-refractivity contribution in [2.24, 2.45) is 0 Å². The highest BCUT2D eigenvalue weighted by Crippen LogP contribution is 2.41. The van der Waals surface area contributed by atoms with E-state index < -0.39 is 5.97 Å². The number of hydrogen-bond acceptors (Lipinski definition) is 5. The molecule has 2 aromatic heterocycles. The number of aliphatic carboxylic acids is 1. The predicted octanol–water partition coefficient (Wildman–Crippen LogP) is 1.12. The Balaban J connectivity index is 1.67. The summed E-state index contributed by atoms with van der Waals surface area (Å²) in [6.45, 7) is 6.10. The van der Waals surface area contributed by atoms with E-state index in [9.17, 15) is 9.59 Å². The van der Waals surface area contributed by atoms with E-state index in [2.05, 4.69) is 41.5 Å². The number of carbonyl (C=O) groups excluding carboxylic acids is 1. The number of nitrogens with zero attached hydrogens (tertiary/aromatic N) is 5. The van der Waals surface area contributed by atoms with E-state index in [-0.39, 0.29) is 24.5 Å². The summed E-state index contributed by atoms with van der Waals surface area (Å²) in [6, 6.07) is 1.86. The third kappa shape index (κ3) is 4.04. The summed E-state index contributed by atoms with van der Waals surface area (Å²) in [4.78, 5) is 23.0. The molecule has 0 radical (unpaired) electrons. The van der Waals surface area contributed by atoms with Crippen LogP contribution in [-0.2, 0) is 23.4 Å². The first-order valence-corrected chi connectivity index (χ1v) is 8.23. The molecule has 0 unspecified atom stereocenters. The third-order valence-electron chi connectivity index (χ3n) is 3.91. The van der Waals surface area contributed by atoms with Crippen LogP contribution < -0.4 is 5.32 Å². The molecule has 9 nitrogen and oxygen atoms in total. The number of rotatable bonds is 6. The molecule has 1 aliphatic rings. The average Bonchev–Trinajstić information content (AvgIpc) is 3.08. The summed E-state index contributed by atoms with van der Waals surface area (Å²) >= 11 is 0. The van der Waals surface area contributed by atoms with Gasteiger partial charge in [-0.2, -0.15) is 5.10 Å². The average molecular weight is 346 g/mol. The summed E-state index contributed by atoms with van der Waals surface area (Å²) in [7, 11) is 0. The van der Waals surface area contributed by atoms with Crippen LogP contribution in [0.2, 0.25) is 0 Å². The molecule has 1 saturated carbocycles. The molecule has 0 aliphatic heterocycles. The molecule has 25 heavy (non-hydrogen) atoms. The van der Waals surface area contributed by atoms with Gasteiger partial charge in [-0.1, -0.05) is 5.21 Å². The van der Waals surface area contributed by atoms with E-state index in [1.807, 2.05) is 10.7 Å². The number of nitrogens with one attached hydrogen (secondary N) is 1. The van der Waals surface area contributed by atoms with Gasteiger partial charge >= 0.3 is 5.97 Å². The zero-order valence-corrected chi connectivity index (χ0v) is 14.6. The van der Waals surface area contributed by atoms with Gasteiger partial charge in [0.2, 0.25) is 0 Å². The van der Waals surface area contributed by atoms with Crippen molar-refractivity contribution in [2.45, 2.75) is 58.2 Å². The van der Waals surface area contributed by atoms with E-state index in [1.54, 1.807) is 0 Å². The molecule has 0 saturated heterocycles. The number of carbonyl (C=O) groups is 2. The minimum absolute atomic E-state index is 0.166. The number of amides is 1. The van der Waals surface area contributed by atoms with Gasteiger partial charge < -0.3 is 10.4 Å². The molecule has 1 fully saturated rings. The van der Waals surface area contributed by atoms with Gasteiger partial charge in [0.1, 0.15) is 17.9 Å². The second kappa shape index (κ2) is 6.30. The summed E-state index contributed by atoms with van der Waals surface area (Å²) in [5.41, 5.74) is 1.79. The molecule has 3 rings (SSSR count). The Morgan fingerprint density at radius 1 is 1.36 bits per heavy atom. The number of aromatic nitrogens is 5. The molecule has 134 valence electrons. The molecule has 9 heteroatoms. The quantitative estimate of drug-likeness (QED) is 0.810. The lowest BCUT2D eigenvalue weighted by molar-refractivity contribution is -0.137. The van der Waals surface area contributed by atoms with Crippen molar-refractivity contribution < 1.29 is 14.7 Å². The Morgan fingerprint density at radius 2 is 2.08 bits per heavy atom. The van der Waals surface area contributed by atoms with Crippen LogP contribution >= 0.6 is 0 Å². The van der Waals surface area contributed by atoms with Gasteiger partial charge in [0.15, 0.2) is 0 Å². The highest BCUT2D eigenvalue weighted by atomic mass is 16.4. The fraction of sp³-hybridized carbons (Fsp3) is 0.562. The fourth-order valence-corrected chi connectivity index (χ4v) is 2.61. The first-order chi connectivity index (χ1) is 11.7. The minimum atomic E-state index is -0.999. The van der Waals surface area contributed by atoms with Gasteiger partial charge in [-0.25, -0.2) is 4.68 Å². The minimum Gasteiger partial charge on any atom is -0.480 e. The van der Waals surface area contributed by atoms with Crippen molar-refractivity contribution in [3.63, 3.8) is 0 Å². The standard InChI is InChI=1S/C16H22N6O3/c1-16(2,3)22-13(10-4-5-10)6-12(19-22)15(25)17-7-11-8-21(20-18-11)9-14(23)24/h6,8,10H,4-5,7,9H2,1-3H3,(H,17,25)(H,23,24). The summed E-state index contributed by atoms with van der Waals surface area (Å²) in [5.74, 6) is -0.789. The molecule has 0 bridgehead atoms. The molecule has 0 atom stereocenters. The van der Waals surface area contributed by atoms with E-state index in [1.165, 1.54) is 10.9 Å². The van der Waals surface area contributed by atoms with Crippen molar-refractivity contribution in [1.29, 1.82) is 0 Å². The normalized spacial score (nSPS) is 14.5. The monoisotopic (exact) mass is 346 g/mol. The Morgan fingerprint density at radius 3 is 2.68 bits per heavy atom. The predicted molar refractivity (Wildman–Crippen MR) is 88.0 cm³/mol. The Bertz CT molecular complexity index is 797. The molecular formula is C16H22N6O3. The third-order valence-corrected chi connectivity index (χ3v) is 3.91. The van der Waals surface area contributed by atoms with Crippen LogP contribution in [0.15, 0.2) is 12.3 Å². The summed E-state index contributed by atoms with van der Waals surface area (Å²) in [6.07, 6.45) is 3.77. The Hall–Kier alpha value is -2.71.